The van der Waals surface area contributed by atoms with Crippen molar-refractivity contribution in [2.24, 2.45) is 0 Å². The molecule has 0 saturated heterocycles. The van der Waals surface area contributed by atoms with Crippen molar-refractivity contribution in [3.8, 4) is 0 Å². The van der Waals surface area contributed by atoms with Crippen LogP contribution >= 0.6 is 11.3 Å². The van der Waals surface area contributed by atoms with Gasteiger partial charge in [-0.1, -0.05) is 0 Å². The van der Waals surface area contributed by atoms with E-state index in [0.29, 0.717) is 5.95 Å². The quantitative estimate of drug-likeness (QED) is 0.886. The molecule has 2 aromatic rings. The third-order valence-corrected chi connectivity index (χ3v) is 4.44. The maximum Gasteiger partial charge on any atom is 0.225 e. The van der Waals surface area contributed by atoms with Crippen LogP contribution in [0.4, 0.5) is 16.2 Å². The molecule has 0 spiro atoms. The number of halogens is 1. The number of thiophene rings is 1. The van der Waals surface area contributed by atoms with E-state index < -0.39 is 5.82 Å². The highest BCUT2D eigenvalue weighted by Gasteiger charge is 2.23. The molecule has 2 heterocycles. The van der Waals surface area contributed by atoms with E-state index in [1.54, 1.807) is 0 Å². The monoisotopic (exact) mass is 278 g/mol. The second-order valence-electron chi connectivity index (χ2n) is 4.75. The summed E-state index contributed by atoms with van der Waals surface area (Å²) in [6.45, 7) is 2.12. The molecule has 3 rings (SSSR count). The molecule has 0 aromatic carbocycles. The van der Waals surface area contributed by atoms with Crippen LogP contribution in [0.2, 0.25) is 0 Å². The summed E-state index contributed by atoms with van der Waals surface area (Å²) in [6.07, 6.45) is 4.41. The fraction of sp³-hybridized carbons (Fsp3) is 0.385. The van der Waals surface area contributed by atoms with Gasteiger partial charge >= 0.3 is 0 Å². The molecule has 1 unspecified atom stereocenters. The number of rotatable bonds is 2. The number of hydrogen-bond donors (Lipinski definition) is 2. The summed E-state index contributed by atoms with van der Waals surface area (Å²) in [5.41, 5.74) is 6.78. The molecule has 6 heteroatoms. The van der Waals surface area contributed by atoms with Crippen LogP contribution in [0.3, 0.4) is 0 Å². The predicted molar refractivity (Wildman–Crippen MR) is 74.8 cm³/mol. The SMILES string of the molecule is Cc1cc2c(s1)CCCC2Nc1ncc(F)c(N)n1. The second-order valence-corrected chi connectivity index (χ2v) is 6.09. The zero-order valence-electron chi connectivity index (χ0n) is 10.6. The van der Waals surface area contributed by atoms with Crippen molar-refractivity contribution in [2.45, 2.75) is 32.2 Å². The molecule has 1 aliphatic carbocycles. The molecule has 0 fully saturated rings. The van der Waals surface area contributed by atoms with Gasteiger partial charge in [-0.2, -0.15) is 4.98 Å². The van der Waals surface area contributed by atoms with Gasteiger partial charge in [-0.05, 0) is 37.8 Å². The van der Waals surface area contributed by atoms with Crippen molar-refractivity contribution < 1.29 is 4.39 Å². The molecule has 2 aromatic heterocycles. The van der Waals surface area contributed by atoms with Crippen molar-refractivity contribution in [2.75, 3.05) is 11.1 Å². The summed E-state index contributed by atoms with van der Waals surface area (Å²) in [5, 5.41) is 3.26. The Labute approximate surface area is 114 Å². The summed E-state index contributed by atoms with van der Waals surface area (Å²) in [4.78, 5) is 10.6. The fourth-order valence-corrected chi connectivity index (χ4v) is 3.59. The Morgan fingerprint density at radius 3 is 3.16 bits per heavy atom. The molecule has 0 radical (unpaired) electrons. The standard InChI is InChI=1S/C13H15FN4S/c1-7-5-8-10(3-2-4-11(8)19-7)17-13-16-6-9(14)12(15)18-13/h5-6,10H,2-4H2,1H3,(H3,15,16,17,18). The number of nitrogens with one attached hydrogen (secondary N) is 1. The van der Waals surface area contributed by atoms with Crippen LogP contribution in [-0.2, 0) is 6.42 Å². The summed E-state index contributed by atoms with van der Waals surface area (Å²) >= 11 is 1.84. The first-order chi connectivity index (χ1) is 9.13. The molecule has 1 aliphatic rings. The first kappa shape index (κ1) is 12.3. The summed E-state index contributed by atoms with van der Waals surface area (Å²) in [5.74, 6) is -0.308. The molecule has 0 bridgehead atoms. The first-order valence-corrected chi connectivity index (χ1v) is 7.09. The van der Waals surface area contributed by atoms with Crippen molar-refractivity contribution in [1.82, 2.24) is 9.97 Å². The van der Waals surface area contributed by atoms with Gasteiger partial charge in [-0.15, -0.1) is 11.3 Å². The minimum Gasteiger partial charge on any atom is -0.381 e. The zero-order valence-corrected chi connectivity index (χ0v) is 11.4. The normalized spacial score (nSPS) is 18.1. The number of nitrogens with zero attached hydrogens (tertiary/aromatic N) is 2. The van der Waals surface area contributed by atoms with E-state index in [-0.39, 0.29) is 11.9 Å². The number of hydrogen-bond acceptors (Lipinski definition) is 5. The maximum absolute atomic E-state index is 13.0. The smallest absolute Gasteiger partial charge is 0.225 e. The Balaban J connectivity index is 1.86. The lowest BCUT2D eigenvalue weighted by Gasteiger charge is -2.23. The first-order valence-electron chi connectivity index (χ1n) is 6.27. The molecule has 19 heavy (non-hydrogen) atoms. The van der Waals surface area contributed by atoms with Gasteiger partial charge in [0, 0.05) is 9.75 Å². The largest absolute Gasteiger partial charge is 0.381 e. The maximum atomic E-state index is 13.0. The van der Waals surface area contributed by atoms with Crippen molar-refractivity contribution in [1.29, 1.82) is 0 Å². The van der Waals surface area contributed by atoms with Gasteiger partial charge in [0.1, 0.15) is 0 Å². The number of nitrogen functional groups attached to an aromatic ring is 1. The van der Waals surface area contributed by atoms with Gasteiger partial charge in [-0.3, -0.25) is 0 Å². The predicted octanol–water partition coefficient (Wildman–Crippen LogP) is 3.06. The van der Waals surface area contributed by atoms with Crippen molar-refractivity contribution in [3.05, 3.63) is 33.4 Å². The van der Waals surface area contributed by atoms with Crippen LogP contribution in [0.25, 0.3) is 0 Å². The highest BCUT2D eigenvalue weighted by molar-refractivity contribution is 7.12. The molecule has 4 nitrogen and oxygen atoms in total. The van der Waals surface area contributed by atoms with Crippen LogP contribution in [0.1, 0.15) is 34.2 Å². The number of aromatic nitrogens is 2. The van der Waals surface area contributed by atoms with Crippen molar-refractivity contribution >= 4 is 23.1 Å². The average molecular weight is 278 g/mol. The highest BCUT2D eigenvalue weighted by atomic mass is 32.1. The Bertz CT molecular complexity index is 611. The molecule has 0 saturated carbocycles. The minimum absolute atomic E-state index is 0.116. The van der Waals surface area contributed by atoms with Gasteiger partial charge in [0.25, 0.3) is 0 Å². The lowest BCUT2D eigenvalue weighted by molar-refractivity contribution is 0.598. The summed E-state index contributed by atoms with van der Waals surface area (Å²) in [6, 6.07) is 2.41. The van der Waals surface area contributed by atoms with Gasteiger partial charge in [0.15, 0.2) is 11.6 Å². The molecule has 100 valence electrons. The van der Waals surface area contributed by atoms with Crippen LogP contribution in [0.5, 0.6) is 0 Å². The summed E-state index contributed by atoms with van der Waals surface area (Å²) < 4.78 is 13.0. The second kappa shape index (κ2) is 4.77. The van der Waals surface area contributed by atoms with Gasteiger partial charge < -0.3 is 11.1 Å². The third-order valence-electron chi connectivity index (χ3n) is 3.31. The molecule has 3 N–H and O–H groups in total. The van der Waals surface area contributed by atoms with Gasteiger partial charge in [0.2, 0.25) is 5.95 Å². The number of fused-ring (bicyclic) bond motifs is 1. The topological polar surface area (TPSA) is 63.8 Å². The van der Waals surface area contributed by atoms with Crippen molar-refractivity contribution in [3.63, 3.8) is 0 Å². The van der Waals surface area contributed by atoms with E-state index in [9.17, 15) is 4.39 Å². The molecule has 0 amide bonds. The Kier molecular flexibility index (Phi) is 3.10. The Hall–Kier alpha value is -1.69. The molecular weight excluding hydrogens is 263 g/mol. The highest BCUT2D eigenvalue weighted by Crippen LogP contribution is 2.36. The third kappa shape index (κ3) is 2.40. The van der Waals surface area contributed by atoms with Gasteiger partial charge in [0.05, 0.1) is 12.2 Å². The van der Waals surface area contributed by atoms with E-state index in [1.807, 2.05) is 11.3 Å². The van der Waals surface area contributed by atoms with E-state index in [4.69, 9.17) is 5.73 Å². The molecule has 1 atom stereocenters. The lowest BCUT2D eigenvalue weighted by atomic mass is 9.94. The van der Waals surface area contributed by atoms with E-state index in [0.717, 1.165) is 25.5 Å². The molecular formula is C13H15FN4S. The van der Waals surface area contributed by atoms with Crippen LogP contribution in [0.15, 0.2) is 12.3 Å². The minimum atomic E-state index is -0.582. The van der Waals surface area contributed by atoms with E-state index in [2.05, 4.69) is 28.3 Å². The lowest BCUT2D eigenvalue weighted by Crippen LogP contribution is -2.17. The Morgan fingerprint density at radius 1 is 1.53 bits per heavy atom. The number of anilines is 2. The van der Waals surface area contributed by atoms with Crippen LogP contribution < -0.4 is 11.1 Å². The number of aryl methyl sites for hydroxylation is 2. The Morgan fingerprint density at radius 2 is 2.37 bits per heavy atom. The fourth-order valence-electron chi connectivity index (χ4n) is 2.45. The average Bonchev–Trinajstić information content (AvgIpc) is 2.75. The summed E-state index contributed by atoms with van der Waals surface area (Å²) in [7, 11) is 0. The van der Waals surface area contributed by atoms with Crippen LogP contribution in [-0.4, -0.2) is 9.97 Å². The zero-order chi connectivity index (χ0) is 13.4. The van der Waals surface area contributed by atoms with E-state index >= 15 is 0 Å². The van der Waals surface area contributed by atoms with Gasteiger partial charge in [-0.25, -0.2) is 9.37 Å². The molecule has 0 aliphatic heterocycles. The van der Waals surface area contributed by atoms with Crippen LogP contribution in [0, 0.1) is 12.7 Å². The number of nitrogens with two attached hydrogens (primary N) is 1. The van der Waals surface area contributed by atoms with E-state index in [1.165, 1.54) is 15.3 Å².